The second-order valence-corrected chi connectivity index (χ2v) is 13.6. The van der Waals surface area contributed by atoms with Gasteiger partial charge in [-0.2, -0.15) is 0 Å². The Hall–Kier alpha value is -7.49. The Balaban J connectivity index is 0.879. The molecule has 1 fully saturated rings. The van der Waals surface area contributed by atoms with Crippen LogP contribution in [0, 0.1) is 0 Å². The first-order valence-corrected chi connectivity index (χ1v) is 18.7. The first-order valence-electron chi connectivity index (χ1n) is 18.7. The van der Waals surface area contributed by atoms with Crippen molar-refractivity contribution in [2.45, 2.75) is 31.7 Å². The summed E-state index contributed by atoms with van der Waals surface area (Å²) in [6, 6.07) is 22.9. The van der Waals surface area contributed by atoms with Crippen molar-refractivity contribution in [2.24, 2.45) is 0 Å². The van der Waals surface area contributed by atoms with Crippen LogP contribution in [0.2, 0.25) is 0 Å². The number of amides is 7. The SMILES string of the molecule is CNC(=O)c1cnc2ccc(-c3ccc(C(=O)NCCCCNC(=O)CNc4nccc5c4C(=O)N(C4CCC(=O)NC4=O)C5=O)cc3)cc2c1Nc1ccccc1. The van der Waals surface area contributed by atoms with Gasteiger partial charge in [-0.1, -0.05) is 36.4 Å². The molecule has 0 saturated carbocycles. The molecule has 4 heterocycles. The number of piperidine rings is 1. The number of nitrogens with one attached hydrogen (secondary N) is 6. The van der Waals surface area contributed by atoms with Crippen molar-refractivity contribution in [1.29, 1.82) is 0 Å². The van der Waals surface area contributed by atoms with Crippen LogP contribution in [-0.4, -0.2) is 88.9 Å². The minimum atomic E-state index is -1.11. The zero-order chi connectivity index (χ0) is 40.8. The quantitative estimate of drug-likeness (QED) is 0.0707. The lowest BCUT2D eigenvalue weighted by atomic mass is 9.99. The molecule has 2 aliphatic heterocycles. The third-order valence-corrected chi connectivity index (χ3v) is 9.85. The molecule has 58 heavy (non-hydrogen) atoms. The first-order chi connectivity index (χ1) is 28.1. The van der Waals surface area contributed by atoms with Crippen LogP contribution in [0.25, 0.3) is 22.0 Å². The molecule has 1 unspecified atom stereocenters. The summed E-state index contributed by atoms with van der Waals surface area (Å²) in [4.78, 5) is 97.9. The van der Waals surface area contributed by atoms with E-state index in [0.29, 0.717) is 48.3 Å². The fraction of sp³-hybridized carbons (Fsp3) is 0.214. The fourth-order valence-electron chi connectivity index (χ4n) is 6.85. The van der Waals surface area contributed by atoms with Crippen LogP contribution in [0.5, 0.6) is 0 Å². The number of pyridine rings is 2. The summed E-state index contributed by atoms with van der Waals surface area (Å²) < 4.78 is 0. The highest BCUT2D eigenvalue weighted by Crippen LogP contribution is 2.34. The summed E-state index contributed by atoms with van der Waals surface area (Å²) >= 11 is 0. The molecule has 0 aliphatic carbocycles. The number of fused-ring (bicyclic) bond motifs is 2. The summed E-state index contributed by atoms with van der Waals surface area (Å²) in [5, 5.41) is 17.5. The van der Waals surface area contributed by atoms with E-state index in [2.05, 4.69) is 41.9 Å². The maximum absolute atomic E-state index is 13.2. The summed E-state index contributed by atoms with van der Waals surface area (Å²) in [6.07, 6.45) is 4.09. The van der Waals surface area contributed by atoms with Gasteiger partial charge in [-0.25, -0.2) is 4.98 Å². The maximum Gasteiger partial charge on any atom is 0.266 e. The number of aromatic nitrogens is 2. The molecule has 16 nitrogen and oxygen atoms in total. The van der Waals surface area contributed by atoms with Crippen molar-refractivity contribution >= 4 is 69.4 Å². The number of para-hydroxylation sites is 1. The van der Waals surface area contributed by atoms with Gasteiger partial charge in [0.05, 0.1) is 34.4 Å². The van der Waals surface area contributed by atoms with Crippen LogP contribution < -0.4 is 31.9 Å². The van der Waals surface area contributed by atoms with Gasteiger partial charge in [0, 0.05) is 55.6 Å². The molecule has 5 aromatic rings. The molecule has 16 heteroatoms. The standard InChI is InChI=1S/C42H39N9O7/c1-43-39(55)30-22-47-31-14-13-26(21-29(31)36(30)49-27-7-3-2-4-8-27)24-9-11-25(12-10-24)38(54)46-19-6-5-18-44-34(53)23-48-37-35-28(17-20-45-37)41(57)51(42(35)58)32-15-16-33(52)50-40(32)56/h2-4,7-14,17,20-22,32H,5-6,15-16,18-19,23H2,1H3,(H,43,55)(H,44,53)(H,45,48)(H,46,54)(H,47,49)(H,50,52,56). The second-order valence-electron chi connectivity index (χ2n) is 13.6. The number of carbonyl (C=O) groups excluding carboxylic acids is 7. The number of nitrogens with zero attached hydrogens (tertiary/aromatic N) is 3. The van der Waals surface area contributed by atoms with Crippen molar-refractivity contribution in [1.82, 2.24) is 36.1 Å². The second kappa shape index (κ2) is 17.1. The Kier molecular flexibility index (Phi) is 11.4. The largest absolute Gasteiger partial charge is 0.360 e. The van der Waals surface area contributed by atoms with E-state index in [1.54, 1.807) is 25.4 Å². The molecule has 294 valence electrons. The van der Waals surface area contributed by atoms with Crippen molar-refractivity contribution in [3.63, 3.8) is 0 Å². The van der Waals surface area contributed by atoms with Crippen LogP contribution in [-0.2, 0) is 14.4 Å². The van der Waals surface area contributed by atoms with Crippen LogP contribution in [0.4, 0.5) is 17.2 Å². The van der Waals surface area contributed by atoms with E-state index >= 15 is 0 Å². The number of rotatable bonds is 14. The molecule has 3 aromatic carbocycles. The average molecular weight is 782 g/mol. The predicted molar refractivity (Wildman–Crippen MR) is 214 cm³/mol. The number of imide groups is 2. The molecule has 2 aromatic heterocycles. The van der Waals surface area contributed by atoms with E-state index in [0.717, 1.165) is 27.1 Å². The van der Waals surface area contributed by atoms with Crippen LogP contribution in [0.15, 0.2) is 91.3 Å². The molecule has 2 aliphatic rings. The lowest BCUT2D eigenvalue weighted by Gasteiger charge is -2.27. The van der Waals surface area contributed by atoms with E-state index in [1.165, 1.54) is 12.3 Å². The minimum Gasteiger partial charge on any atom is -0.360 e. The lowest BCUT2D eigenvalue weighted by Crippen LogP contribution is -2.54. The van der Waals surface area contributed by atoms with Gasteiger partial charge in [0.1, 0.15) is 11.9 Å². The highest BCUT2D eigenvalue weighted by Gasteiger charge is 2.46. The van der Waals surface area contributed by atoms with Gasteiger partial charge in [0.25, 0.3) is 23.6 Å². The summed E-state index contributed by atoms with van der Waals surface area (Å²) in [5.74, 6) is -3.42. The molecule has 0 radical (unpaired) electrons. The normalized spacial score (nSPS) is 14.8. The van der Waals surface area contributed by atoms with E-state index in [-0.39, 0.29) is 54.1 Å². The van der Waals surface area contributed by atoms with Gasteiger partial charge in [0.2, 0.25) is 17.7 Å². The number of hydrogen-bond donors (Lipinski definition) is 6. The van der Waals surface area contributed by atoms with Gasteiger partial charge in [-0.05, 0) is 72.9 Å². The zero-order valence-electron chi connectivity index (χ0n) is 31.4. The Morgan fingerprint density at radius 1 is 0.828 bits per heavy atom. The van der Waals surface area contributed by atoms with Crippen molar-refractivity contribution < 1.29 is 33.6 Å². The molecule has 7 amide bonds. The molecular weight excluding hydrogens is 743 g/mol. The Morgan fingerprint density at radius 2 is 1.57 bits per heavy atom. The summed E-state index contributed by atoms with van der Waals surface area (Å²) in [5.41, 5.74) is 4.85. The number of hydrogen-bond acceptors (Lipinski definition) is 11. The van der Waals surface area contributed by atoms with Crippen LogP contribution in [0.3, 0.4) is 0 Å². The zero-order valence-corrected chi connectivity index (χ0v) is 31.4. The van der Waals surface area contributed by atoms with Gasteiger partial charge in [0.15, 0.2) is 0 Å². The van der Waals surface area contributed by atoms with Crippen LogP contribution in [0.1, 0.15) is 67.1 Å². The number of anilines is 3. The van der Waals surface area contributed by atoms with Gasteiger partial charge in [-0.15, -0.1) is 0 Å². The fourth-order valence-corrected chi connectivity index (χ4v) is 6.85. The molecule has 7 rings (SSSR count). The van der Waals surface area contributed by atoms with Gasteiger partial charge >= 0.3 is 0 Å². The number of benzene rings is 3. The molecule has 1 atom stereocenters. The Bertz CT molecular complexity index is 2460. The molecule has 0 spiro atoms. The van der Waals surface area contributed by atoms with Crippen molar-refractivity contribution in [2.75, 3.05) is 37.3 Å². The van der Waals surface area contributed by atoms with E-state index in [4.69, 9.17) is 0 Å². The molecule has 1 saturated heterocycles. The van der Waals surface area contributed by atoms with E-state index in [1.807, 2.05) is 60.7 Å². The van der Waals surface area contributed by atoms with Crippen LogP contribution >= 0.6 is 0 Å². The summed E-state index contributed by atoms with van der Waals surface area (Å²) in [6.45, 7) is 0.493. The Labute approximate surface area is 332 Å². The van der Waals surface area contributed by atoms with E-state index in [9.17, 15) is 33.6 Å². The van der Waals surface area contributed by atoms with Crippen molar-refractivity contribution in [3.8, 4) is 11.1 Å². The molecule has 0 bridgehead atoms. The smallest absolute Gasteiger partial charge is 0.266 e. The average Bonchev–Trinajstić information content (AvgIpc) is 3.50. The topological polar surface area (TPSA) is 221 Å². The monoisotopic (exact) mass is 781 g/mol. The third-order valence-electron chi connectivity index (χ3n) is 9.85. The summed E-state index contributed by atoms with van der Waals surface area (Å²) in [7, 11) is 1.57. The lowest BCUT2D eigenvalue weighted by molar-refractivity contribution is -0.136. The van der Waals surface area contributed by atoms with Gasteiger partial charge < -0.3 is 26.6 Å². The highest BCUT2D eigenvalue weighted by atomic mass is 16.2. The number of carbonyl (C=O) groups is 7. The van der Waals surface area contributed by atoms with Gasteiger partial charge in [-0.3, -0.25) is 48.8 Å². The first kappa shape index (κ1) is 38.8. The molecular formula is C42H39N9O7. The van der Waals surface area contributed by atoms with Crippen molar-refractivity contribution in [3.05, 3.63) is 114 Å². The number of unbranched alkanes of at least 4 members (excludes halogenated alkanes) is 1. The van der Waals surface area contributed by atoms with E-state index < -0.39 is 29.7 Å². The predicted octanol–water partition coefficient (Wildman–Crippen LogP) is 3.54. The Morgan fingerprint density at radius 3 is 2.31 bits per heavy atom. The highest BCUT2D eigenvalue weighted by molar-refractivity contribution is 6.25. The third kappa shape index (κ3) is 8.21. The molecule has 6 N–H and O–H groups in total. The maximum atomic E-state index is 13.2. The minimum absolute atomic E-state index is 0.000409.